The summed E-state index contributed by atoms with van der Waals surface area (Å²) in [4.78, 5) is 0. The van der Waals surface area contributed by atoms with Gasteiger partial charge in [0.15, 0.2) is 0 Å². The van der Waals surface area contributed by atoms with E-state index in [2.05, 4.69) is 86.8 Å². The van der Waals surface area contributed by atoms with Gasteiger partial charge < -0.3 is 0 Å². The van der Waals surface area contributed by atoms with E-state index in [0.717, 1.165) is 0 Å². The van der Waals surface area contributed by atoms with Crippen molar-refractivity contribution in [2.45, 2.75) is 104 Å². The Morgan fingerprint density at radius 3 is 0.929 bits per heavy atom. The maximum Gasteiger partial charge on any atom is -0.0348 e. The van der Waals surface area contributed by atoms with E-state index in [-0.39, 0.29) is 0 Å². The highest BCUT2D eigenvalue weighted by Crippen LogP contribution is 2.09. The molecule has 0 unspecified atom stereocenters. The summed E-state index contributed by atoms with van der Waals surface area (Å²) in [6, 6.07) is 0. The van der Waals surface area contributed by atoms with E-state index in [1.54, 1.807) is 0 Å². The topological polar surface area (TPSA) is 0 Å². The molecule has 158 valence electrons. The lowest BCUT2D eigenvalue weighted by molar-refractivity contribution is 0.600. The van der Waals surface area contributed by atoms with E-state index in [9.17, 15) is 0 Å². The maximum absolute atomic E-state index is 2.30. The smallest absolute Gasteiger partial charge is 0.0348 e. The van der Waals surface area contributed by atoms with Crippen molar-refractivity contribution in [1.82, 2.24) is 0 Å². The van der Waals surface area contributed by atoms with Gasteiger partial charge in [0.25, 0.3) is 0 Å². The lowest BCUT2D eigenvalue weighted by atomic mass is 10.1. The SMILES string of the molecule is CCCC/C=C/C=C/C=C/CCCCCCCC/C=C/C=C/C=C/CCCC. The van der Waals surface area contributed by atoms with E-state index >= 15 is 0 Å². The monoisotopic (exact) mass is 382 g/mol. The molecule has 0 aliphatic rings. The minimum atomic E-state index is 1.20. The molecule has 0 spiro atoms. The zero-order chi connectivity index (χ0) is 20.4. The molecule has 28 heavy (non-hydrogen) atoms. The van der Waals surface area contributed by atoms with Gasteiger partial charge in [0, 0.05) is 0 Å². The van der Waals surface area contributed by atoms with E-state index in [1.807, 2.05) is 0 Å². The summed E-state index contributed by atoms with van der Waals surface area (Å²) in [6.07, 6.45) is 44.5. The van der Waals surface area contributed by atoms with Gasteiger partial charge in [-0.15, -0.1) is 0 Å². The molecular formula is C28H46. The molecule has 0 aromatic rings. The highest BCUT2D eigenvalue weighted by molar-refractivity contribution is 5.11. The molecule has 0 aliphatic heterocycles. The van der Waals surface area contributed by atoms with Crippen LogP contribution in [-0.2, 0) is 0 Å². The zero-order valence-corrected chi connectivity index (χ0v) is 18.8. The van der Waals surface area contributed by atoms with E-state index in [0.29, 0.717) is 0 Å². The van der Waals surface area contributed by atoms with Crippen LogP contribution in [0.4, 0.5) is 0 Å². The van der Waals surface area contributed by atoms with Crippen molar-refractivity contribution in [3.05, 3.63) is 72.9 Å². The summed E-state index contributed by atoms with van der Waals surface area (Å²) in [5, 5.41) is 0. The molecule has 0 saturated heterocycles. The molecule has 0 amide bonds. The van der Waals surface area contributed by atoms with Gasteiger partial charge in [-0.1, -0.05) is 138 Å². The Bertz CT molecular complexity index is 412. The third-order valence-corrected chi connectivity index (χ3v) is 4.65. The van der Waals surface area contributed by atoms with Gasteiger partial charge in [-0.3, -0.25) is 0 Å². The Morgan fingerprint density at radius 1 is 0.321 bits per heavy atom. The molecule has 0 aliphatic carbocycles. The third-order valence-electron chi connectivity index (χ3n) is 4.65. The number of rotatable bonds is 19. The average Bonchev–Trinajstić information content (AvgIpc) is 2.71. The standard InChI is InChI=1S/C28H46/c1-3-5-7-9-11-13-15-17-19-21-23-25-27-28-26-24-22-20-18-16-14-12-10-8-6-4-2/h9-20H,3-8,21-28H2,1-2H3/b11-9+,12-10+,15-13+,16-14+,19-17+,20-18+. The van der Waals surface area contributed by atoms with Crippen molar-refractivity contribution in [1.29, 1.82) is 0 Å². The molecule has 0 rings (SSSR count). The second-order valence-corrected chi connectivity index (χ2v) is 7.47. The zero-order valence-electron chi connectivity index (χ0n) is 18.8. The Morgan fingerprint density at radius 2 is 0.607 bits per heavy atom. The molecule has 0 heterocycles. The van der Waals surface area contributed by atoms with Crippen LogP contribution in [0.5, 0.6) is 0 Å². The Balaban J connectivity index is 3.35. The van der Waals surface area contributed by atoms with Crippen LogP contribution >= 0.6 is 0 Å². The lowest BCUT2D eigenvalue weighted by Crippen LogP contribution is -1.79. The van der Waals surface area contributed by atoms with Gasteiger partial charge in [0.2, 0.25) is 0 Å². The van der Waals surface area contributed by atoms with Gasteiger partial charge in [-0.05, 0) is 38.5 Å². The van der Waals surface area contributed by atoms with Crippen molar-refractivity contribution in [3.63, 3.8) is 0 Å². The van der Waals surface area contributed by atoms with Gasteiger partial charge in [0.1, 0.15) is 0 Å². The van der Waals surface area contributed by atoms with Gasteiger partial charge in [0.05, 0.1) is 0 Å². The van der Waals surface area contributed by atoms with Crippen LogP contribution < -0.4 is 0 Å². The third kappa shape index (κ3) is 24.4. The molecule has 0 radical (unpaired) electrons. The number of hydrogen-bond donors (Lipinski definition) is 0. The minimum absolute atomic E-state index is 1.20. The van der Waals surface area contributed by atoms with Crippen molar-refractivity contribution < 1.29 is 0 Å². The fraction of sp³-hybridized carbons (Fsp3) is 0.571. The summed E-state index contributed by atoms with van der Waals surface area (Å²) in [7, 11) is 0. The van der Waals surface area contributed by atoms with Crippen LogP contribution in [0.3, 0.4) is 0 Å². The fourth-order valence-corrected chi connectivity index (χ4v) is 2.83. The summed E-state index contributed by atoms with van der Waals surface area (Å²) in [5.41, 5.74) is 0. The number of allylic oxidation sites excluding steroid dienone is 12. The molecule has 0 nitrogen and oxygen atoms in total. The molecule has 0 heteroatoms. The average molecular weight is 383 g/mol. The van der Waals surface area contributed by atoms with Gasteiger partial charge >= 0.3 is 0 Å². The minimum Gasteiger partial charge on any atom is -0.0845 e. The molecule has 0 saturated carbocycles. The summed E-state index contributed by atoms with van der Waals surface area (Å²) < 4.78 is 0. The van der Waals surface area contributed by atoms with E-state index in [4.69, 9.17) is 0 Å². The summed E-state index contributed by atoms with van der Waals surface area (Å²) in [5.74, 6) is 0. The largest absolute Gasteiger partial charge is 0.0845 e. The molecule has 0 N–H and O–H groups in total. The summed E-state index contributed by atoms with van der Waals surface area (Å²) >= 11 is 0. The fourth-order valence-electron chi connectivity index (χ4n) is 2.83. The van der Waals surface area contributed by atoms with E-state index in [1.165, 1.54) is 89.9 Å². The first-order chi connectivity index (χ1) is 13.9. The highest BCUT2D eigenvalue weighted by atomic mass is 14.0. The first-order valence-electron chi connectivity index (χ1n) is 11.9. The van der Waals surface area contributed by atoms with Crippen LogP contribution in [0.1, 0.15) is 104 Å². The van der Waals surface area contributed by atoms with Crippen molar-refractivity contribution >= 4 is 0 Å². The second kappa shape index (κ2) is 25.4. The van der Waals surface area contributed by atoms with Gasteiger partial charge in [-0.2, -0.15) is 0 Å². The number of hydrogen-bond acceptors (Lipinski definition) is 0. The first-order valence-corrected chi connectivity index (χ1v) is 11.9. The van der Waals surface area contributed by atoms with Crippen molar-refractivity contribution in [2.75, 3.05) is 0 Å². The number of unbranched alkanes of at least 4 members (excludes halogenated alkanes) is 11. The molecular weight excluding hydrogens is 336 g/mol. The first kappa shape index (κ1) is 26.4. The lowest BCUT2D eigenvalue weighted by Gasteiger charge is -1.99. The molecule has 0 fully saturated rings. The van der Waals surface area contributed by atoms with Crippen molar-refractivity contribution in [3.8, 4) is 0 Å². The Hall–Kier alpha value is -1.56. The Kier molecular flexibility index (Phi) is 24.0. The van der Waals surface area contributed by atoms with Gasteiger partial charge in [-0.25, -0.2) is 0 Å². The normalized spacial score (nSPS) is 13.1. The van der Waals surface area contributed by atoms with Crippen molar-refractivity contribution in [2.24, 2.45) is 0 Å². The van der Waals surface area contributed by atoms with Crippen LogP contribution in [0.15, 0.2) is 72.9 Å². The molecule has 0 aromatic heterocycles. The summed E-state index contributed by atoms with van der Waals surface area (Å²) in [6.45, 7) is 4.47. The van der Waals surface area contributed by atoms with E-state index < -0.39 is 0 Å². The quantitative estimate of drug-likeness (QED) is 0.154. The molecule has 0 atom stereocenters. The van der Waals surface area contributed by atoms with Crippen LogP contribution in [0.25, 0.3) is 0 Å². The molecule has 0 bridgehead atoms. The van der Waals surface area contributed by atoms with Crippen LogP contribution in [-0.4, -0.2) is 0 Å². The second-order valence-electron chi connectivity index (χ2n) is 7.47. The predicted molar refractivity (Wildman–Crippen MR) is 131 cm³/mol. The van der Waals surface area contributed by atoms with Crippen LogP contribution in [0.2, 0.25) is 0 Å². The Labute approximate surface area is 176 Å². The molecule has 0 aromatic carbocycles. The van der Waals surface area contributed by atoms with Crippen LogP contribution in [0, 0.1) is 0 Å². The predicted octanol–water partition coefficient (Wildman–Crippen LogP) is 9.82. The highest BCUT2D eigenvalue weighted by Gasteiger charge is 1.89. The maximum atomic E-state index is 2.30.